The minimum atomic E-state index is 0.200. The number of hydrogen-bond donors (Lipinski definition) is 1. The molecule has 0 aliphatic rings. The number of hydrogen-bond acceptors (Lipinski definition) is 2. The molecule has 1 aromatic carbocycles. The van der Waals surface area contributed by atoms with Gasteiger partial charge in [0.1, 0.15) is 0 Å². The van der Waals surface area contributed by atoms with Crippen LogP contribution in [0, 0.1) is 0 Å². The first-order chi connectivity index (χ1) is 8.56. The van der Waals surface area contributed by atoms with Gasteiger partial charge in [-0.3, -0.25) is 4.68 Å². The Hall–Kier alpha value is -0.840. The number of aryl methyl sites for hydroxylation is 1. The Kier molecular flexibility index (Phi) is 4.43. The van der Waals surface area contributed by atoms with E-state index in [2.05, 4.69) is 33.3 Å². The van der Waals surface area contributed by atoms with E-state index in [0.29, 0.717) is 0 Å². The molecule has 0 aliphatic carbocycles. The first-order valence-corrected chi connectivity index (χ1v) is 6.89. The van der Waals surface area contributed by atoms with Gasteiger partial charge >= 0.3 is 0 Å². The van der Waals surface area contributed by atoms with Gasteiger partial charge < -0.3 is 5.32 Å². The molecule has 0 bridgehead atoms. The zero-order valence-electron chi connectivity index (χ0n) is 10.3. The molecule has 0 spiro atoms. The maximum atomic E-state index is 6.22. The Balaban J connectivity index is 2.01. The van der Waals surface area contributed by atoms with E-state index >= 15 is 0 Å². The summed E-state index contributed by atoms with van der Waals surface area (Å²) in [6.45, 7) is 2.88. The molecule has 1 N–H and O–H groups in total. The fourth-order valence-electron chi connectivity index (χ4n) is 1.80. The summed E-state index contributed by atoms with van der Waals surface area (Å²) < 4.78 is 2.80. The molecule has 0 radical (unpaired) electrons. The van der Waals surface area contributed by atoms with Crippen LogP contribution in [0.2, 0.25) is 5.02 Å². The van der Waals surface area contributed by atoms with Gasteiger partial charge in [0.25, 0.3) is 0 Å². The SMILES string of the molecule is CC(NCc1cnn(C)c1)c1ccc(Br)cc1Cl. The van der Waals surface area contributed by atoms with Gasteiger partial charge in [-0.05, 0) is 24.6 Å². The smallest absolute Gasteiger partial charge is 0.0534 e. The van der Waals surface area contributed by atoms with Crippen molar-refractivity contribution >= 4 is 27.5 Å². The third kappa shape index (κ3) is 3.34. The third-order valence-electron chi connectivity index (χ3n) is 2.80. The monoisotopic (exact) mass is 327 g/mol. The highest BCUT2D eigenvalue weighted by Crippen LogP contribution is 2.26. The lowest BCUT2D eigenvalue weighted by Gasteiger charge is -2.15. The predicted molar refractivity (Wildman–Crippen MR) is 77.6 cm³/mol. The Labute approximate surface area is 120 Å². The summed E-state index contributed by atoms with van der Waals surface area (Å²) in [6.07, 6.45) is 3.87. The summed E-state index contributed by atoms with van der Waals surface area (Å²) in [5.41, 5.74) is 2.27. The molecule has 2 aromatic rings. The number of halogens is 2. The molecule has 2 rings (SSSR count). The highest BCUT2D eigenvalue weighted by atomic mass is 79.9. The maximum absolute atomic E-state index is 6.22. The summed E-state index contributed by atoms with van der Waals surface area (Å²) >= 11 is 9.63. The van der Waals surface area contributed by atoms with Gasteiger partial charge in [0.15, 0.2) is 0 Å². The second kappa shape index (κ2) is 5.87. The summed E-state index contributed by atoms with van der Waals surface area (Å²) in [6, 6.07) is 6.15. The van der Waals surface area contributed by atoms with Crippen molar-refractivity contribution < 1.29 is 0 Å². The highest BCUT2D eigenvalue weighted by Gasteiger charge is 2.09. The van der Waals surface area contributed by atoms with Crippen LogP contribution >= 0.6 is 27.5 Å². The van der Waals surface area contributed by atoms with Crippen molar-refractivity contribution in [3.05, 3.63) is 51.2 Å². The highest BCUT2D eigenvalue weighted by molar-refractivity contribution is 9.10. The molecule has 0 aliphatic heterocycles. The van der Waals surface area contributed by atoms with Crippen LogP contribution in [0.1, 0.15) is 24.1 Å². The molecule has 0 fully saturated rings. The zero-order chi connectivity index (χ0) is 13.1. The van der Waals surface area contributed by atoms with Crippen LogP contribution < -0.4 is 5.32 Å². The second-order valence-corrected chi connectivity index (χ2v) is 5.61. The van der Waals surface area contributed by atoms with Crippen molar-refractivity contribution in [3.8, 4) is 0 Å². The number of nitrogens with one attached hydrogen (secondary N) is 1. The van der Waals surface area contributed by atoms with Gasteiger partial charge in [-0.15, -0.1) is 0 Å². The number of nitrogens with zero attached hydrogens (tertiary/aromatic N) is 2. The molecular formula is C13H15BrClN3. The molecule has 0 saturated carbocycles. The van der Waals surface area contributed by atoms with Crippen molar-refractivity contribution in [2.45, 2.75) is 19.5 Å². The summed E-state index contributed by atoms with van der Waals surface area (Å²) in [7, 11) is 1.92. The molecule has 1 atom stereocenters. The molecule has 1 aromatic heterocycles. The number of benzene rings is 1. The van der Waals surface area contributed by atoms with Gasteiger partial charge in [-0.1, -0.05) is 33.6 Å². The van der Waals surface area contributed by atoms with Gasteiger partial charge in [-0.2, -0.15) is 5.10 Å². The Morgan fingerprint density at radius 2 is 2.28 bits per heavy atom. The summed E-state index contributed by atoms with van der Waals surface area (Å²) in [4.78, 5) is 0. The lowest BCUT2D eigenvalue weighted by Crippen LogP contribution is -2.18. The molecule has 0 amide bonds. The van der Waals surface area contributed by atoms with Crippen molar-refractivity contribution in [1.29, 1.82) is 0 Å². The molecule has 3 nitrogen and oxygen atoms in total. The molecule has 1 unspecified atom stereocenters. The largest absolute Gasteiger partial charge is 0.306 e. The zero-order valence-corrected chi connectivity index (χ0v) is 12.7. The van der Waals surface area contributed by atoms with Gasteiger partial charge in [0.05, 0.1) is 6.20 Å². The van der Waals surface area contributed by atoms with Crippen LogP contribution in [0.3, 0.4) is 0 Å². The van der Waals surface area contributed by atoms with Gasteiger partial charge in [0, 0.05) is 40.9 Å². The van der Waals surface area contributed by atoms with Crippen molar-refractivity contribution in [2.24, 2.45) is 7.05 Å². The molecule has 5 heteroatoms. The van der Waals surface area contributed by atoms with Crippen LogP contribution in [0.25, 0.3) is 0 Å². The normalized spacial score (nSPS) is 12.7. The van der Waals surface area contributed by atoms with E-state index in [1.807, 2.05) is 37.6 Å². The standard InChI is InChI=1S/C13H15BrClN3/c1-9(12-4-3-11(14)5-13(12)15)16-6-10-7-17-18(2)8-10/h3-5,7-9,16H,6H2,1-2H3. The van der Waals surface area contributed by atoms with E-state index in [4.69, 9.17) is 11.6 Å². The molecule has 18 heavy (non-hydrogen) atoms. The predicted octanol–water partition coefficient (Wildman–Crippen LogP) is 3.69. The van der Waals surface area contributed by atoms with Crippen LogP contribution in [0.15, 0.2) is 35.1 Å². The van der Waals surface area contributed by atoms with Crippen LogP contribution in [0.5, 0.6) is 0 Å². The van der Waals surface area contributed by atoms with Crippen LogP contribution in [-0.2, 0) is 13.6 Å². The lowest BCUT2D eigenvalue weighted by atomic mass is 10.1. The van der Waals surface area contributed by atoms with E-state index in [-0.39, 0.29) is 6.04 Å². The minimum Gasteiger partial charge on any atom is -0.306 e. The van der Waals surface area contributed by atoms with E-state index in [0.717, 1.165) is 27.2 Å². The quantitative estimate of drug-likeness (QED) is 0.927. The molecular weight excluding hydrogens is 314 g/mol. The molecule has 96 valence electrons. The van der Waals surface area contributed by atoms with E-state index < -0.39 is 0 Å². The number of aromatic nitrogens is 2. The van der Waals surface area contributed by atoms with E-state index in [1.165, 1.54) is 0 Å². The average molecular weight is 329 g/mol. The molecule has 0 saturated heterocycles. The lowest BCUT2D eigenvalue weighted by molar-refractivity contribution is 0.574. The fourth-order valence-corrected chi connectivity index (χ4v) is 2.63. The topological polar surface area (TPSA) is 29.9 Å². The first-order valence-electron chi connectivity index (χ1n) is 5.72. The first kappa shape index (κ1) is 13.6. The molecule has 1 heterocycles. The van der Waals surface area contributed by atoms with E-state index in [9.17, 15) is 0 Å². The number of rotatable bonds is 4. The summed E-state index contributed by atoms with van der Waals surface area (Å²) in [5.74, 6) is 0. The average Bonchev–Trinajstić information content (AvgIpc) is 2.72. The fraction of sp³-hybridized carbons (Fsp3) is 0.308. The third-order valence-corrected chi connectivity index (χ3v) is 3.62. The van der Waals surface area contributed by atoms with Crippen molar-refractivity contribution in [1.82, 2.24) is 15.1 Å². The van der Waals surface area contributed by atoms with Crippen LogP contribution in [-0.4, -0.2) is 9.78 Å². The Morgan fingerprint density at radius 3 is 2.89 bits per heavy atom. The Morgan fingerprint density at radius 1 is 1.50 bits per heavy atom. The summed E-state index contributed by atoms with van der Waals surface area (Å²) in [5, 5.41) is 8.35. The van der Waals surface area contributed by atoms with Crippen molar-refractivity contribution in [3.63, 3.8) is 0 Å². The minimum absolute atomic E-state index is 0.200. The second-order valence-electron chi connectivity index (χ2n) is 4.29. The Bertz CT molecular complexity index is 539. The van der Waals surface area contributed by atoms with Crippen molar-refractivity contribution in [2.75, 3.05) is 0 Å². The van der Waals surface area contributed by atoms with Gasteiger partial charge in [0.2, 0.25) is 0 Å². The maximum Gasteiger partial charge on any atom is 0.0534 e. The van der Waals surface area contributed by atoms with Crippen LogP contribution in [0.4, 0.5) is 0 Å². The van der Waals surface area contributed by atoms with E-state index in [1.54, 1.807) is 4.68 Å². The van der Waals surface area contributed by atoms with Gasteiger partial charge in [-0.25, -0.2) is 0 Å².